The standard InChI is InChI=1S/C13H14F5N3OS/c1-8-3-9(2)11(23(22)5-12(14)15)4-10(8)20-6-19-7-21(20)13(16,17)18/h3-4,6,12H,5,7H2,1-2H3. The number of nitrogens with zero attached hydrogens (tertiary/aromatic N) is 3. The van der Waals surface area contributed by atoms with Crippen LogP contribution in [0, 0.1) is 13.8 Å². The van der Waals surface area contributed by atoms with Crippen LogP contribution in [0.5, 0.6) is 0 Å². The van der Waals surface area contributed by atoms with Gasteiger partial charge in [0.2, 0.25) is 6.43 Å². The van der Waals surface area contributed by atoms with Gasteiger partial charge in [-0.15, -0.1) is 0 Å². The molecule has 2 rings (SSSR count). The smallest absolute Gasteiger partial charge is 0.256 e. The van der Waals surface area contributed by atoms with E-state index in [1.165, 1.54) is 12.1 Å². The molecule has 1 unspecified atom stereocenters. The van der Waals surface area contributed by atoms with Crippen molar-refractivity contribution in [3.8, 4) is 0 Å². The van der Waals surface area contributed by atoms with Crippen molar-refractivity contribution in [2.75, 3.05) is 17.4 Å². The molecule has 0 aromatic heterocycles. The van der Waals surface area contributed by atoms with Gasteiger partial charge in [0.05, 0.1) is 22.2 Å². The van der Waals surface area contributed by atoms with Crippen molar-refractivity contribution >= 4 is 22.8 Å². The van der Waals surface area contributed by atoms with E-state index in [1.54, 1.807) is 13.8 Å². The molecule has 1 atom stereocenters. The van der Waals surface area contributed by atoms with Gasteiger partial charge in [-0.2, -0.15) is 13.2 Å². The van der Waals surface area contributed by atoms with E-state index in [1.807, 2.05) is 0 Å². The number of hydrogen-bond acceptors (Lipinski definition) is 4. The molecule has 0 N–H and O–H groups in total. The lowest BCUT2D eigenvalue weighted by Crippen LogP contribution is -2.47. The third kappa shape index (κ3) is 3.86. The number of halogens is 5. The Balaban J connectivity index is 2.43. The molecule has 1 aliphatic rings. The van der Waals surface area contributed by atoms with Gasteiger partial charge in [0.1, 0.15) is 13.0 Å². The zero-order valence-electron chi connectivity index (χ0n) is 12.3. The molecule has 0 saturated heterocycles. The number of alkyl halides is 5. The highest BCUT2D eigenvalue weighted by molar-refractivity contribution is 7.85. The highest BCUT2D eigenvalue weighted by atomic mass is 32.2. The van der Waals surface area contributed by atoms with Crippen LogP contribution in [0.2, 0.25) is 0 Å². The van der Waals surface area contributed by atoms with Crippen molar-refractivity contribution in [3.63, 3.8) is 0 Å². The minimum absolute atomic E-state index is 0.0739. The van der Waals surface area contributed by atoms with Crippen molar-refractivity contribution in [2.24, 2.45) is 4.99 Å². The van der Waals surface area contributed by atoms with E-state index in [0.29, 0.717) is 11.1 Å². The first-order valence-electron chi connectivity index (χ1n) is 6.52. The molecule has 4 nitrogen and oxygen atoms in total. The Morgan fingerprint density at radius 2 is 1.91 bits per heavy atom. The zero-order valence-corrected chi connectivity index (χ0v) is 13.1. The van der Waals surface area contributed by atoms with Gasteiger partial charge in [-0.1, -0.05) is 11.1 Å². The molecule has 10 heteroatoms. The number of hydrazine groups is 1. The molecule has 0 bridgehead atoms. The monoisotopic (exact) mass is 355 g/mol. The zero-order chi connectivity index (χ0) is 17.4. The summed E-state index contributed by atoms with van der Waals surface area (Å²) in [7, 11) is -2.00. The summed E-state index contributed by atoms with van der Waals surface area (Å²) in [6.45, 7) is 2.57. The van der Waals surface area contributed by atoms with Gasteiger partial charge < -0.3 is 0 Å². The lowest BCUT2D eigenvalue weighted by Gasteiger charge is -2.30. The van der Waals surface area contributed by atoms with E-state index in [4.69, 9.17) is 0 Å². The molecule has 1 aromatic rings. The van der Waals surface area contributed by atoms with E-state index in [9.17, 15) is 26.2 Å². The molecule has 0 radical (unpaired) electrons. The van der Waals surface area contributed by atoms with Crippen LogP contribution in [0.15, 0.2) is 22.0 Å². The summed E-state index contributed by atoms with van der Waals surface area (Å²) in [5.41, 5.74) is 1.08. The summed E-state index contributed by atoms with van der Waals surface area (Å²) in [6, 6.07) is 2.77. The molecule has 0 amide bonds. The van der Waals surface area contributed by atoms with Gasteiger partial charge >= 0.3 is 6.30 Å². The number of benzene rings is 1. The lowest BCUT2D eigenvalue weighted by atomic mass is 10.1. The second-order valence-corrected chi connectivity index (χ2v) is 6.42. The van der Waals surface area contributed by atoms with E-state index < -0.39 is 35.9 Å². The van der Waals surface area contributed by atoms with E-state index in [-0.39, 0.29) is 15.6 Å². The molecule has 0 fully saturated rings. The fraction of sp³-hybridized carbons (Fsp3) is 0.462. The maximum atomic E-state index is 13.0. The predicted molar refractivity (Wildman–Crippen MR) is 76.9 cm³/mol. The fourth-order valence-electron chi connectivity index (χ4n) is 2.23. The summed E-state index contributed by atoms with van der Waals surface area (Å²) >= 11 is 0. The summed E-state index contributed by atoms with van der Waals surface area (Å²) in [5.74, 6) is -0.861. The number of aliphatic imine (C=N–C) groups is 1. The highest BCUT2D eigenvalue weighted by Crippen LogP contribution is 2.33. The summed E-state index contributed by atoms with van der Waals surface area (Å²) < 4.78 is 75.8. The van der Waals surface area contributed by atoms with E-state index in [2.05, 4.69) is 4.99 Å². The van der Waals surface area contributed by atoms with Crippen molar-refractivity contribution in [1.82, 2.24) is 5.01 Å². The number of rotatable bonds is 4. The molecule has 128 valence electrons. The second-order valence-electron chi connectivity index (χ2n) is 4.96. The molecular formula is C13H14F5N3OS. The van der Waals surface area contributed by atoms with Crippen molar-refractivity contribution in [1.29, 1.82) is 0 Å². The SMILES string of the molecule is Cc1cc(C)c(S(=O)CC(F)F)cc1N1C=NCN1C(F)(F)F. The number of hydrogen-bond donors (Lipinski definition) is 0. The molecule has 1 heterocycles. The fourth-order valence-corrected chi connectivity index (χ4v) is 3.30. The molecule has 0 saturated carbocycles. The third-order valence-electron chi connectivity index (χ3n) is 3.22. The van der Waals surface area contributed by atoms with E-state index >= 15 is 0 Å². The maximum Gasteiger partial charge on any atom is 0.479 e. The van der Waals surface area contributed by atoms with Crippen LogP contribution in [-0.4, -0.2) is 40.7 Å². The van der Waals surface area contributed by atoms with Gasteiger partial charge in [0, 0.05) is 4.90 Å². The lowest BCUT2D eigenvalue weighted by molar-refractivity contribution is -0.241. The first kappa shape index (κ1) is 17.8. The first-order chi connectivity index (χ1) is 10.6. The largest absolute Gasteiger partial charge is 0.479 e. The second kappa shape index (κ2) is 6.52. The Hall–Kier alpha value is -1.55. The van der Waals surface area contributed by atoms with Crippen molar-refractivity contribution in [2.45, 2.75) is 31.5 Å². The molecule has 0 aliphatic carbocycles. The quantitative estimate of drug-likeness (QED) is 0.615. The Morgan fingerprint density at radius 1 is 1.26 bits per heavy atom. The van der Waals surface area contributed by atoms with Crippen molar-refractivity contribution in [3.05, 3.63) is 23.3 Å². The van der Waals surface area contributed by atoms with Gasteiger partial charge in [0.25, 0.3) is 0 Å². The minimum atomic E-state index is -4.64. The Morgan fingerprint density at radius 3 is 2.48 bits per heavy atom. The number of anilines is 1. The maximum absolute atomic E-state index is 13.0. The van der Waals surface area contributed by atoms with Crippen LogP contribution in [0.4, 0.5) is 27.6 Å². The van der Waals surface area contributed by atoms with Gasteiger partial charge in [-0.25, -0.2) is 8.78 Å². The number of aryl methyl sites for hydroxylation is 2. The van der Waals surface area contributed by atoms with Crippen LogP contribution in [0.3, 0.4) is 0 Å². The molecule has 1 aromatic carbocycles. The highest BCUT2D eigenvalue weighted by Gasteiger charge is 2.43. The summed E-state index contributed by atoms with van der Waals surface area (Å²) in [5, 5.41) is 0.863. The van der Waals surface area contributed by atoms with Gasteiger partial charge in [-0.05, 0) is 31.0 Å². The summed E-state index contributed by atoms with van der Waals surface area (Å²) in [6.07, 6.45) is -6.40. The van der Waals surface area contributed by atoms with Crippen LogP contribution in [0.25, 0.3) is 0 Å². The average Bonchev–Trinajstić information content (AvgIpc) is 2.86. The van der Waals surface area contributed by atoms with Gasteiger partial charge in [0.15, 0.2) is 0 Å². The van der Waals surface area contributed by atoms with E-state index in [0.717, 1.165) is 11.3 Å². The average molecular weight is 355 g/mol. The molecular weight excluding hydrogens is 341 g/mol. The Kier molecular flexibility index (Phi) is 5.04. The third-order valence-corrected chi connectivity index (χ3v) is 4.71. The molecule has 23 heavy (non-hydrogen) atoms. The van der Waals surface area contributed by atoms with Crippen LogP contribution in [0.1, 0.15) is 11.1 Å². The topological polar surface area (TPSA) is 35.9 Å². The minimum Gasteiger partial charge on any atom is -0.256 e. The molecule has 1 aliphatic heterocycles. The Bertz CT molecular complexity index is 647. The normalized spacial score (nSPS) is 17.3. The van der Waals surface area contributed by atoms with Crippen LogP contribution in [-0.2, 0) is 10.8 Å². The van der Waals surface area contributed by atoms with Crippen molar-refractivity contribution < 1.29 is 26.2 Å². The molecule has 0 spiro atoms. The van der Waals surface area contributed by atoms with Crippen LogP contribution >= 0.6 is 0 Å². The Labute approximate surface area is 132 Å². The van der Waals surface area contributed by atoms with Crippen LogP contribution < -0.4 is 5.01 Å². The summed E-state index contributed by atoms with van der Waals surface area (Å²) in [4.78, 5) is 3.68. The van der Waals surface area contributed by atoms with Gasteiger partial charge in [-0.3, -0.25) is 14.2 Å². The predicted octanol–water partition coefficient (Wildman–Crippen LogP) is 3.22. The first-order valence-corrected chi connectivity index (χ1v) is 7.84.